The van der Waals surface area contributed by atoms with Gasteiger partial charge in [0.15, 0.2) is 0 Å². The Morgan fingerprint density at radius 3 is 2.22 bits per heavy atom. The van der Waals surface area contributed by atoms with E-state index in [0.29, 0.717) is 5.92 Å². The molecule has 0 spiro atoms. The fraction of sp³-hybridized carbons (Fsp3) is 0.500. The average Bonchev–Trinajstić information content (AvgIpc) is 2.69. The van der Waals surface area contributed by atoms with Crippen molar-refractivity contribution in [1.29, 1.82) is 0 Å². The molecule has 0 saturated heterocycles. The summed E-state index contributed by atoms with van der Waals surface area (Å²) >= 11 is 0. The highest BCUT2D eigenvalue weighted by atomic mass is 16.5. The van der Waals surface area contributed by atoms with Gasteiger partial charge in [-0.25, -0.2) is 0 Å². The van der Waals surface area contributed by atoms with Gasteiger partial charge in [0.05, 0.1) is 0 Å². The maximum atomic E-state index is 6.34. The van der Waals surface area contributed by atoms with Crippen molar-refractivity contribution in [2.24, 2.45) is 0 Å². The van der Waals surface area contributed by atoms with Gasteiger partial charge < -0.3 is 14.8 Å². The fourth-order valence-corrected chi connectivity index (χ4v) is 3.49. The van der Waals surface area contributed by atoms with Gasteiger partial charge in [0.2, 0.25) is 0 Å². The zero-order valence-electron chi connectivity index (χ0n) is 17.2. The Morgan fingerprint density at radius 1 is 0.852 bits per heavy atom. The minimum atomic E-state index is 0.527. The van der Waals surface area contributed by atoms with E-state index < -0.39 is 0 Å². The summed E-state index contributed by atoms with van der Waals surface area (Å²) in [6.45, 7) is 4.02. The van der Waals surface area contributed by atoms with Gasteiger partial charge in [-0.3, -0.25) is 0 Å². The van der Waals surface area contributed by atoms with E-state index in [4.69, 9.17) is 9.47 Å². The molecule has 148 valence electrons. The molecule has 2 aromatic carbocycles. The van der Waals surface area contributed by atoms with Gasteiger partial charge in [0.1, 0.15) is 11.5 Å². The van der Waals surface area contributed by atoms with Gasteiger partial charge in [0.25, 0.3) is 0 Å². The molecule has 2 rings (SSSR count). The maximum absolute atomic E-state index is 6.34. The van der Waals surface area contributed by atoms with Crippen LogP contribution in [-0.4, -0.2) is 27.3 Å². The number of hydrogen-bond acceptors (Lipinski definition) is 3. The van der Waals surface area contributed by atoms with E-state index in [9.17, 15) is 0 Å². The van der Waals surface area contributed by atoms with Crippen molar-refractivity contribution < 1.29 is 9.47 Å². The van der Waals surface area contributed by atoms with Crippen molar-refractivity contribution >= 4 is 0 Å². The topological polar surface area (TPSA) is 30.5 Å². The van der Waals surface area contributed by atoms with Crippen LogP contribution < -0.4 is 10.1 Å². The molecule has 1 atom stereocenters. The van der Waals surface area contributed by atoms with E-state index in [0.717, 1.165) is 36.6 Å². The van der Waals surface area contributed by atoms with Gasteiger partial charge >= 0.3 is 0 Å². The van der Waals surface area contributed by atoms with Gasteiger partial charge in [-0.05, 0) is 75.4 Å². The number of benzene rings is 2. The van der Waals surface area contributed by atoms with Crippen LogP contribution in [0.25, 0.3) is 0 Å². The minimum absolute atomic E-state index is 0.527. The number of unbranched alkanes of at least 4 members (excludes halogenated alkanes) is 2. The van der Waals surface area contributed by atoms with Crippen LogP contribution in [0.5, 0.6) is 11.5 Å². The molecule has 27 heavy (non-hydrogen) atoms. The molecule has 0 saturated carbocycles. The summed E-state index contributed by atoms with van der Waals surface area (Å²) in [6.07, 6.45) is 7.12. The molecule has 3 heteroatoms. The van der Waals surface area contributed by atoms with Gasteiger partial charge in [-0.2, -0.15) is 0 Å². The van der Waals surface area contributed by atoms with Crippen LogP contribution in [0.4, 0.5) is 0 Å². The highest BCUT2D eigenvalue weighted by molar-refractivity contribution is 5.42. The van der Waals surface area contributed by atoms with Crippen LogP contribution >= 0.6 is 0 Å². The lowest BCUT2D eigenvalue weighted by molar-refractivity contribution is 0.191. The van der Waals surface area contributed by atoms with Crippen LogP contribution in [0.1, 0.15) is 55.6 Å². The van der Waals surface area contributed by atoms with Crippen LogP contribution in [-0.2, 0) is 4.74 Å². The first-order valence-corrected chi connectivity index (χ1v) is 10.2. The molecule has 0 aliphatic heterocycles. The summed E-state index contributed by atoms with van der Waals surface area (Å²) in [6, 6.07) is 16.8. The maximum Gasteiger partial charge on any atom is 0.130 e. The SMILES string of the molecule is CNCCCCC(CCCCOC)c1ccccc1Oc1ccccc1C. The van der Waals surface area contributed by atoms with Crippen molar-refractivity contribution in [2.45, 2.75) is 51.4 Å². The number of aryl methyl sites for hydroxylation is 1. The third-order valence-corrected chi connectivity index (χ3v) is 5.05. The number of rotatable bonds is 13. The van der Waals surface area contributed by atoms with E-state index in [1.807, 2.05) is 19.2 Å². The van der Waals surface area contributed by atoms with Crippen molar-refractivity contribution in [3.8, 4) is 11.5 Å². The molecule has 0 radical (unpaired) electrons. The van der Waals surface area contributed by atoms with Crippen molar-refractivity contribution in [3.05, 3.63) is 59.7 Å². The van der Waals surface area contributed by atoms with E-state index in [1.54, 1.807) is 7.11 Å². The second kappa shape index (κ2) is 12.5. The van der Waals surface area contributed by atoms with Crippen LogP contribution in [0.2, 0.25) is 0 Å². The zero-order chi connectivity index (χ0) is 19.3. The van der Waals surface area contributed by atoms with E-state index in [-0.39, 0.29) is 0 Å². The molecule has 1 N–H and O–H groups in total. The quantitative estimate of drug-likeness (QED) is 0.434. The van der Waals surface area contributed by atoms with Crippen LogP contribution in [0.15, 0.2) is 48.5 Å². The van der Waals surface area contributed by atoms with E-state index in [1.165, 1.54) is 37.7 Å². The molecule has 0 aliphatic rings. The van der Waals surface area contributed by atoms with Crippen molar-refractivity contribution in [1.82, 2.24) is 5.32 Å². The molecule has 0 heterocycles. The number of nitrogens with one attached hydrogen (secondary N) is 1. The highest BCUT2D eigenvalue weighted by Gasteiger charge is 2.17. The Kier molecular flexibility index (Phi) is 9.96. The Balaban J connectivity index is 2.13. The standard InChI is InChI=1S/C24H35NO2/c1-20-12-4-6-16-23(20)27-24-17-7-5-15-22(24)21(13-8-10-18-25-2)14-9-11-19-26-3/h4-7,12,15-17,21,25H,8-11,13-14,18-19H2,1-3H3. The largest absolute Gasteiger partial charge is 0.457 e. The average molecular weight is 370 g/mol. The smallest absolute Gasteiger partial charge is 0.130 e. The van der Waals surface area contributed by atoms with Crippen molar-refractivity contribution in [3.63, 3.8) is 0 Å². The summed E-state index contributed by atoms with van der Waals surface area (Å²) in [7, 11) is 3.80. The molecule has 0 amide bonds. The van der Waals surface area contributed by atoms with Crippen LogP contribution in [0.3, 0.4) is 0 Å². The van der Waals surface area contributed by atoms with Gasteiger partial charge in [-0.1, -0.05) is 49.2 Å². The Morgan fingerprint density at radius 2 is 1.52 bits per heavy atom. The first-order valence-electron chi connectivity index (χ1n) is 10.2. The van der Waals surface area contributed by atoms with Crippen molar-refractivity contribution in [2.75, 3.05) is 27.3 Å². The Bertz CT molecular complexity index is 644. The number of ether oxygens (including phenoxy) is 2. The minimum Gasteiger partial charge on any atom is -0.457 e. The molecule has 3 nitrogen and oxygen atoms in total. The Hall–Kier alpha value is -1.84. The predicted octanol–water partition coefficient (Wildman–Crippen LogP) is 6.08. The summed E-state index contributed by atoms with van der Waals surface area (Å²) in [4.78, 5) is 0. The monoisotopic (exact) mass is 369 g/mol. The summed E-state index contributed by atoms with van der Waals surface area (Å²) < 4.78 is 11.6. The zero-order valence-corrected chi connectivity index (χ0v) is 17.2. The molecule has 1 unspecified atom stereocenters. The van der Waals surface area contributed by atoms with Gasteiger partial charge in [-0.15, -0.1) is 0 Å². The Labute approximate surface area is 165 Å². The third-order valence-electron chi connectivity index (χ3n) is 5.05. The van der Waals surface area contributed by atoms with E-state index in [2.05, 4.69) is 48.6 Å². The van der Waals surface area contributed by atoms with E-state index >= 15 is 0 Å². The first kappa shape index (κ1) is 21.5. The second-order valence-corrected chi connectivity index (χ2v) is 7.19. The molecule has 0 bridgehead atoms. The molecular weight excluding hydrogens is 334 g/mol. The fourth-order valence-electron chi connectivity index (χ4n) is 3.49. The number of methoxy groups -OCH3 is 1. The molecule has 0 aromatic heterocycles. The number of hydrogen-bond donors (Lipinski definition) is 1. The lowest BCUT2D eigenvalue weighted by Gasteiger charge is -2.21. The lowest BCUT2D eigenvalue weighted by atomic mass is 9.88. The predicted molar refractivity (Wildman–Crippen MR) is 114 cm³/mol. The second-order valence-electron chi connectivity index (χ2n) is 7.19. The summed E-state index contributed by atoms with van der Waals surface area (Å²) in [5.74, 6) is 2.47. The molecular formula is C24H35NO2. The number of para-hydroxylation sites is 2. The molecule has 0 fully saturated rings. The summed E-state index contributed by atoms with van der Waals surface area (Å²) in [5.41, 5.74) is 2.50. The van der Waals surface area contributed by atoms with Gasteiger partial charge in [0, 0.05) is 13.7 Å². The normalized spacial score (nSPS) is 12.1. The van der Waals surface area contributed by atoms with Crippen LogP contribution in [0, 0.1) is 6.92 Å². The highest BCUT2D eigenvalue weighted by Crippen LogP contribution is 2.36. The first-order chi connectivity index (χ1) is 13.3. The molecule has 2 aromatic rings. The summed E-state index contributed by atoms with van der Waals surface area (Å²) in [5, 5.41) is 3.25. The third kappa shape index (κ3) is 7.36. The molecule has 0 aliphatic carbocycles. The lowest BCUT2D eigenvalue weighted by Crippen LogP contribution is -2.08.